The molecule has 0 aromatic heterocycles. The van der Waals surface area contributed by atoms with Crippen molar-refractivity contribution in [2.45, 2.75) is 19.1 Å². The number of rotatable bonds is 2. The fraction of sp³-hybridized carbons (Fsp3) is 0.357. The molecular weight excluding hydrogens is 244 g/mol. The third kappa shape index (κ3) is 2.29. The lowest BCUT2D eigenvalue weighted by atomic mass is 10.2. The molecule has 2 N–H and O–H groups in total. The summed E-state index contributed by atoms with van der Waals surface area (Å²) in [5.41, 5.74) is 1.63. The summed E-state index contributed by atoms with van der Waals surface area (Å²) < 4.78 is 5.28. The van der Waals surface area contributed by atoms with Crippen molar-refractivity contribution in [1.82, 2.24) is 10.2 Å². The molecule has 0 radical (unpaired) electrons. The molecular formula is C14H16N2O3. The summed E-state index contributed by atoms with van der Waals surface area (Å²) in [6, 6.07) is 9.64. The molecule has 1 amide bonds. The minimum atomic E-state index is -0.392. The van der Waals surface area contributed by atoms with E-state index in [4.69, 9.17) is 4.74 Å². The fourth-order valence-electron chi connectivity index (χ4n) is 2.56. The molecule has 1 atom stereocenters. The van der Waals surface area contributed by atoms with E-state index >= 15 is 0 Å². The molecule has 0 bridgehead atoms. The predicted molar refractivity (Wildman–Crippen MR) is 69.4 cm³/mol. The van der Waals surface area contributed by atoms with Gasteiger partial charge in [0.2, 0.25) is 0 Å². The lowest BCUT2D eigenvalue weighted by molar-refractivity contribution is 0.110. The van der Waals surface area contributed by atoms with E-state index in [9.17, 15) is 9.90 Å². The van der Waals surface area contributed by atoms with E-state index < -0.39 is 6.09 Å². The van der Waals surface area contributed by atoms with Gasteiger partial charge in [0.1, 0.15) is 12.4 Å². The van der Waals surface area contributed by atoms with Crippen molar-refractivity contribution in [1.29, 1.82) is 0 Å². The summed E-state index contributed by atoms with van der Waals surface area (Å²) >= 11 is 0. The Morgan fingerprint density at radius 2 is 2.21 bits per heavy atom. The van der Waals surface area contributed by atoms with Gasteiger partial charge in [0.25, 0.3) is 0 Å². The topological polar surface area (TPSA) is 61.8 Å². The second kappa shape index (κ2) is 4.93. The second-order valence-corrected chi connectivity index (χ2v) is 4.75. The number of carbonyl (C=O) groups excluding carboxylic acids is 1. The molecule has 0 aliphatic carbocycles. The first-order valence-electron chi connectivity index (χ1n) is 6.39. The van der Waals surface area contributed by atoms with Crippen molar-refractivity contribution in [3.8, 4) is 0 Å². The fourth-order valence-corrected chi connectivity index (χ4v) is 2.56. The van der Waals surface area contributed by atoms with E-state index in [0.29, 0.717) is 18.8 Å². The molecule has 2 aliphatic rings. The molecule has 5 heteroatoms. The number of ether oxygens (including phenoxy) is 1. The predicted octanol–water partition coefficient (Wildman–Crippen LogP) is 1.77. The molecule has 1 aromatic carbocycles. The van der Waals surface area contributed by atoms with Crippen LogP contribution in [0.4, 0.5) is 4.79 Å². The SMILES string of the molecule is O=C(OCc1ccccc1)N1CC[C@H]2NCC(O)=C21. The van der Waals surface area contributed by atoms with Crippen LogP contribution in [-0.4, -0.2) is 35.2 Å². The average Bonchev–Trinajstić information content (AvgIpc) is 3.01. The van der Waals surface area contributed by atoms with Crippen LogP contribution < -0.4 is 5.32 Å². The number of hydrogen-bond acceptors (Lipinski definition) is 4. The molecule has 1 fully saturated rings. The van der Waals surface area contributed by atoms with Crippen LogP contribution >= 0.6 is 0 Å². The van der Waals surface area contributed by atoms with Gasteiger partial charge in [0.15, 0.2) is 0 Å². The number of fused-ring (bicyclic) bond motifs is 1. The number of benzene rings is 1. The number of aliphatic hydroxyl groups is 1. The van der Waals surface area contributed by atoms with Gasteiger partial charge in [-0.2, -0.15) is 0 Å². The largest absolute Gasteiger partial charge is 0.509 e. The zero-order valence-electron chi connectivity index (χ0n) is 10.5. The lowest BCUT2D eigenvalue weighted by Crippen LogP contribution is -2.29. The molecule has 0 saturated carbocycles. The Labute approximate surface area is 111 Å². The van der Waals surface area contributed by atoms with Gasteiger partial charge < -0.3 is 15.2 Å². The molecule has 1 aromatic rings. The van der Waals surface area contributed by atoms with Crippen LogP contribution in [0.2, 0.25) is 0 Å². The summed E-state index contributed by atoms with van der Waals surface area (Å²) in [5, 5.41) is 12.9. The maximum absolute atomic E-state index is 12.0. The van der Waals surface area contributed by atoms with Crippen molar-refractivity contribution in [3.05, 3.63) is 47.4 Å². The highest BCUT2D eigenvalue weighted by molar-refractivity contribution is 5.71. The molecule has 0 spiro atoms. The monoisotopic (exact) mass is 260 g/mol. The van der Waals surface area contributed by atoms with E-state index in [2.05, 4.69) is 5.32 Å². The van der Waals surface area contributed by atoms with Gasteiger partial charge in [-0.1, -0.05) is 30.3 Å². The highest BCUT2D eigenvalue weighted by Crippen LogP contribution is 2.28. The Hall–Kier alpha value is -2.01. The molecule has 2 heterocycles. The number of amides is 1. The number of aliphatic hydroxyl groups excluding tert-OH is 1. The summed E-state index contributed by atoms with van der Waals surface area (Å²) in [4.78, 5) is 13.6. The highest BCUT2D eigenvalue weighted by Gasteiger charge is 2.38. The number of likely N-dealkylation sites (tertiary alicyclic amines) is 1. The van der Waals surface area contributed by atoms with Gasteiger partial charge in [0, 0.05) is 6.54 Å². The van der Waals surface area contributed by atoms with Crippen LogP contribution in [-0.2, 0) is 11.3 Å². The van der Waals surface area contributed by atoms with E-state index in [1.165, 1.54) is 4.90 Å². The van der Waals surface area contributed by atoms with Crippen molar-refractivity contribution in [3.63, 3.8) is 0 Å². The first kappa shape index (κ1) is 12.0. The van der Waals surface area contributed by atoms with Crippen molar-refractivity contribution >= 4 is 6.09 Å². The first-order valence-corrected chi connectivity index (χ1v) is 6.39. The third-order valence-electron chi connectivity index (χ3n) is 3.50. The van der Waals surface area contributed by atoms with Crippen LogP contribution in [0.1, 0.15) is 12.0 Å². The lowest BCUT2D eigenvalue weighted by Gasteiger charge is -2.17. The van der Waals surface area contributed by atoms with Gasteiger partial charge in [-0.05, 0) is 12.0 Å². The highest BCUT2D eigenvalue weighted by atomic mass is 16.6. The quantitative estimate of drug-likeness (QED) is 0.850. The number of nitrogens with zero attached hydrogens (tertiary/aromatic N) is 1. The normalized spacial score (nSPS) is 21.7. The smallest absolute Gasteiger partial charge is 0.414 e. The van der Waals surface area contributed by atoms with Crippen LogP contribution in [0.5, 0.6) is 0 Å². The summed E-state index contributed by atoms with van der Waals surface area (Å²) in [7, 11) is 0. The molecule has 1 saturated heterocycles. The van der Waals surface area contributed by atoms with E-state index in [1.54, 1.807) is 0 Å². The van der Waals surface area contributed by atoms with Crippen molar-refractivity contribution in [2.24, 2.45) is 0 Å². The van der Waals surface area contributed by atoms with Gasteiger partial charge in [-0.3, -0.25) is 4.90 Å². The zero-order valence-corrected chi connectivity index (χ0v) is 10.5. The van der Waals surface area contributed by atoms with Crippen LogP contribution in [0.15, 0.2) is 41.8 Å². The zero-order chi connectivity index (χ0) is 13.2. The van der Waals surface area contributed by atoms with Gasteiger partial charge in [-0.25, -0.2) is 4.79 Å². The molecule has 5 nitrogen and oxygen atoms in total. The van der Waals surface area contributed by atoms with Crippen LogP contribution in [0, 0.1) is 0 Å². The third-order valence-corrected chi connectivity index (χ3v) is 3.50. The summed E-state index contributed by atoms with van der Waals surface area (Å²) in [6.07, 6.45) is 0.427. The average molecular weight is 260 g/mol. The summed E-state index contributed by atoms with van der Waals surface area (Å²) in [6.45, 7) is 1.27. The van der Waals surface area contributed by atoms with E-state index in [-0.39, 0.29) is 18.4 Å². The molecule has 0 unspecified atom stereocenters. The number of hydrogen-bond donors (Lipinski definition) is 2. The Balaban J connectivity index is 1.64. The Bertz CT molecular complexity index is 513. The van der Waals surface area contributed by atoms with Crippen molar-refractivity contribution < 1.29 is 14.6 Å². The van der Waals surface area contributed by atoms with E-state index in [0.717, 1.165) is 12.0 Å². The Morgan fingerprint density at radius 1 is 1.42 bits per heavy atom. The number of nitrogens with one attached hydrogen (secondary N) is 1. The first-order chi connectivity index (χ1) is 9.25. The minimum Gasteiger partial charge on any atom is -0.509 e. The van der Waals surface area contributed by atoms with Crippen LogP contribution in [0.25, 0.3) is 0 Å². The Morgan fingerprint density at radius 3 is 3.00 bits per heavy atom. The molecule has 3 rings (SSSR count). The number of carbonyl (C=O) groups is 1. The van der Waals surface area contributed by atoms with Gasteiger partial charge >= 0.3 is 6.09 Å². The standard InChI is InChI=1S/C14H16N2O3/c17-12-8-15-11-6-7-16(13(11)12)14(18)19-9-10-4-2-1-3-5-10/h1-5,11,15,17H,6-9H2/t11-/m1/s1. The van der Waals surface area contributed by atoms with Gasteiger partial charge in [-0.15, -0.1) is 0 Å². The van der Waals surface area contributed by atoms with Crippen LogP contribution in [0.3, 0.4) is 0 Å². The van der Waals surface area contributed by atoms with E-state index in [1.807, 2.05) is 30.3 Å². The summed E-state index contributed by atoms with van der Waals surface area (Å²) in [5.74, 6) is 0.249. The van der Waals surface area contributed by atoms with Crippen molar-refractivity contribution in [2.75, 3.05) is 13.1 Å². The second-order valence-electron chi connectivity index (χ2n) is 4.75. The molecule has 100 valence electrons. The minimum absolute atomic E-state index is 0.0873. The Kier molecular flexibility index (Phi) is 3.13. The van der Waals surface area contributed by atoms with Gasteiger partial charge in [0.05, 0.1) is 18.3 Å². The molecule has 2 aliphatic heterocycles. The maximum Gasteiger partial charge on any atom is 0.414 e. The molecule has 19 heavy (non-hydrogen) atoms. The maximum atomic E-state index is 12.0.